The molecule has 4 rings (SSSR count). The minimum absolute atomic E-state index is 0.145. The number of rotatable bonds is 4. The highest BCUT2D eigenvalue weighted by atomic mass is 16.5. The van der Waals surface area contributed by atoms with Gasteiger partial charge in [0, 0.05) is 0 Å². The van der Waals surface area contributed by atoms with Crippen molar-refractivity contribution in [3.05, 3.63) is 70.6 Å². The van der Waals surface area contributed by atoms with Crippen LogP contribution in [0.5, 0.6) is 5.75 Å². The summed E-state index contributed by atoms with van der Waals surface area (Å²) in [5, 5.41) is 10.4. The summed E-state index contributed by atoms with van der Waals surface area (Å²) in [6.07, 6.45) is 1.11. The van der Waals surface area contributed by atoms with Crippen LogP contribution in [0.25, 0.3) is 22.4 Å². The van der Waals surface area contributed by atoms with Gasteiger partial charge < -0.3 is 13.6 Å². The Labute approximate surface area is 152 Å². The Morgan fingerprint density at radius 2 is 1.85 bits per heavy atom. The molecule has 0 unspecified atom stereocenters. The second-order valence-electron chi connectivity index (χ2n) is 5.54. The van der Waals surface area contributed by atoms with E-state index in [0.717, 1.165) is 6.26 Å². The van der Waals surface area contributed by atoms with Crippen LogP contribution in [0.4, 0.5) is 6.01 Å². The Morgan fingerprint density at radius 3 is 2.70 bits per heavy atom. The van der Waals surface area contributed by atoms with Gasteiger partial charge >= 0.3 is 6.01 Å². The van der Waals surface area contributed by atoms with Crippen molar-refractivity contribution in [2.75, 3.05) is 12.4 Å². The van der Waals surface area contributed by atoms with Gasteiger partial charge in [-0.15, -0.1) is 5.10 Å². The van der Waals surface area contributed by atoms with Gasteiger partial charge in [0.25, 0.3) is 11.8 Å². The molecule has 0 atom stereocenters. The van der Waals surface area contributed by atoms with E-state index < -0.39 is 11.3 Å². The van der Waals surface area contributed by atoms with Crippen molar-refractivity contribution >= 4 is 22.9 Å². The Hall–Kier alpha value is -3.94. The number of aromatic nitrogens is 2. The fourth-order valence-electron chi connectivity index (χ4n) is 2.60. The van der Waals surface area contributed by atoms with E-state index in [4.69, 9.17) is 13.6 Å². The van der Waals surface area contributed by atoms with Crippen molar-refractivity contribution < 1.29 is 18.4 Å². The van der Waals surface area contributed by atoms with Gasteiger partial charge in [0.05, 0.1) is 18.1 Å². The molecular formula is C19H13N3O5. The number of hydrogen-bond donors (Lipinski definition) is 1. The number of nitrogens with one attached hydrogen (secondary N) is 1. The number of ether oxygens (including phenoxy) is 1. The highest BCUT2D eigenvalue weighted by Crippen LogP contribution is 2.29. The van der Waals surface area contributed by atoms with E-state index in [2.05, 4.69) is 15.5 Å². The van der Waals surface area contributed by atoms with E-state index in [-0.39, 0.29) is 17.5 Å². The summed E-state index contributed by atoms with van der Waals surface area (Å²) < 4.78 is 16.1. The predicted octanol–water partition coefficient (Wildman–Crippen LogP) is 3.10. The number of amides is 1. The number of fused-ring (bicyclic) bond motifs is 1. The average molecular weight is 363 g/mol. The number of benzene rings is 2. The predicted molar refractivity (Wildman–Crippen MR) is 96.7 cm³/mol. The van der Waals surface area contributed by atoms with Crippen LogP contribution >= 0.6 is 0 Å². The molecule has 1 amide bonds. The van der Waals surface area contributed by atoms with E-state index in [1.54, 1.807) is 48.5 Å². The fourth-order valence-corrected chi connectivity index (χ4v) is 2.60. The number of para-hydroxylation sites is 2. The molecule has 0 radical (unpaired) electrons. The number of anilines is 1. The summed E-state index contributed by atoms with van der Waals surface area (Å²) in [4.78, 5) is 24.9. The van der Waals surface area contributed by atoms with Crippen LogP contribution in [0.3, 0.4) is 0 Å². The second kappa shape index (κ2) is 6.75. The van der Waals surface area contributed by atoms with Gasteiger partial charge in [0.15, 0.2) is 0 Å². The van der Waals surface area contributed by atoms with Gasteiger partial charge in [-0.2, -0.15) is 0 Å². The molecule has 0 aliphatic carbocycles. The van der Waals surface area contributed by atoms with Crippen LogP contribution in [0, 0.1) is 0 Å². The number of nitrogens with zero attached hydrogens (tertiary/aromatic N) is 2. The maximum Gasteiger partial charge on any atom is 0.322 e. The highest BCUT2D eigenvalue weighted by molar-refractivity contribution is 6.04. The molecule has 0 saturated carbocycles. The SMILES string of the molecule is COc1ccccc1-c1nnc(NC(=O)c2coc3ccccc3c2=O)o1. The lowest BCUT2D eigenvalue weighted by molar-refractivity contribution is 0.102. The molecule has 2 aromatic heterocycles. The maximum atomic E-state index is 12.5. The Bertz CT molecular complexity index is 1200. The van der Waals surface area contributed by atoms with E-state index in [1.165, 1.54) is 7.11 Å². The van der Waals surface area contributed by atoms with Gasteiger partial charge in [0.1, 0.15) is 23.2 Å². The summed E-state index contributed by atoms with van der Waals surface area (Å²) in [6.45, 7) is 0. The molecule has 8 nitrogen and oxygen atoms in total. The Kier molecular flexibility index (Phi) is 4.13. The van der Waals surface area contributed by atoms with Crippen molar-refractivity contribution in [3.63, 3.8) is 0 Å². The summed E-state index contributed by atoms with van der Waals surface area (Å²) in [5.41, 5.74) is 0.373. The molecule has 27 heavy (non-hydrogen) atoms. The zero-order valence-electron chi connectivity index (χ0n) is 14.1. The Morgan fingerprint density at radius 1 is 1.07 bits per heavy atom. The van der Waals surface area contributed by atoms with Crippen LogP contribution < -0.4 is 15.5 Å². The van der Waals surface area contributed by atoms with Crippen molar-refractivity contribution in [2.45, 2.75) is 0 Å². The molecule has 0 spiro atoms. The first kappa shape index (κ1) is 16.5. The first-order valence-corrected chi connectivity index (χ1v) is 7.96. The van der Waals surface area contributed by atoms with Gasteiger partial charge in [-0.05, 0) is 24.3 Å². The van der Waals surface area contributed by atoms with Crippen molar-refractivity contribution in [2.24, 2.45) is 0 Å². The zero-order chi connectivity index (χ0) is 18.8. The Balaban J connectivity index is 1.62. The van der Waals surface area contributed by atoms with E-state index >= 15 is 0 Å². The molecule has 4 aromatic rings. The molecule has 0 aliphatic rings. The number of carbonyl (C=O) groups is 1. The van der Waals surface area contributed by atoms with E-state index in [9.17, 15) is 9.59 Å². The topological polar surface area (TPSA) is 107 Å². The number of hydrogen-bond acceptors (Lipinski definition) is 7. The lowest BCUT2D eigenvalue weighted by Crippen LogP contribution is -2.21. The molecule has 2 heterocycles. The quantitative estimate of drug-likeness (QED) is 0.593. The smallest absolute Gasteiger partial charge is 0.322 e. The van der Waals surface area contributed by atoms with Gasteiger partial charge in [-0.3, -0.25) is 14.9 Å². The largest absolute Gasteiger partial charge is 0.496 e. The molecule has 0 fully saturated rings. The standard InChI is InChI=1S/C19H13N3O5/c1-25-14-8-4-3-7-12(14)18-21-22-19(27-18)20-17(24)13-10-26-15-9-5-2-6-11(15)16(13)23/h2-10H,1H3,(H,20,22,24). The number of carbonyl (C=O) groups excluding carboxylic acids is 1. The first-order valence-electron chi connectivity index (χ1n) is 7.96. The van der Waals surface area contributed by atoms with E-state index in [1.807, 2.05) is 0 Å². The molecule has 134 valence electrons. The third-order valence-corrected chi connectivity index (χ3v) is 3.91. The molecule has 0 saturated heterocycles. The van der Waals surface area contributed by atoms with Crippen molar-refractivity contribution in [1.29, 1.82) is 0 Å². The molecule has 2 aromatic carbocycles. The minimum Gasteiger partial charge on any atom is -0.496 e. The summed E-state index contributed by atoms with van der Waals surface area (Å²) in [6, 6.07) is 13.6. The third-order valence-electron chi connectivity index (χ3n) is 3.91. The normalized spacial score (nSPS) is 10.7. The minimum atomic E-state index is -0.704. The van der Waals surface area contributed by atoms with Gasteiger partial charge in [-0.1, -0.05) is 29.4 Å². The molecule has 1 N–H and O–H groups in total. The lowest BCUT2D eigenvalue weighted by Gasteiger charge is -2.03. The van der Waals surface area contributed by atoms with Gasteiger partial charge in [-0.25, -0.2) is 0 Å². The summed E-state index contributed by atoms with van der Waals surface area (Å²) in [5.74, 6) is 0.0206. The summed E-state index contributed by atoms with van der Waals surface area (Å²) in [7, 11) is 1.52. The van der Waals surface area contributed by atoms with Crippen LogP contribution in [-0.4, -0.2) is 23.2 Å². The van der Waals surface area contributed by atoms with E-state index in [0.29, 0.717) is 22.3 Å². The average Bonchev–Trinajstić information content (AvgIpc) is 3.16. The van der Waals surface area contributed by atoms with Gasteiger partial charge in [0.2, 0.25) is 5.43 Å². The molecule has 8 heteroatoms. The number of methoxy groups -OCH3 is 1. The van der Waals surface area contributed by atoms with Crippen LogP contribution in [0.2, 0.25) is 0 Å². The second-order valence-corrected chi connectivity index (χ2v) is 5.54. The highest BCUT2D eigenvalue weighted by Gasteiger charge is 2.18. The van der Waals surface area contributed by atoms with Crippen LogP contribution in [-0.2, 0) is 0 Å². The summed E-state index contributed by atoms with van der Waals surface area (Å²) >= 11 is 0. The maximum absolute atomic E-state index is 12.5. The molecule has 0 bridgehead atoms. The molecular weight excluding hydrogens is 350 g/mol. The molecule has 0 aliphatic heterocycles. The monoisotopic (exact) mass is 363 g/mol. The van der Waals surface area contributed by atoms with Crippen molar-refractivity contribution in [1.82, 2.24) is 10.2 Å². The zero-order valence-corrected chi connectivity index (χ0v) is 14.1. The van der Waals surface area contributed by atoms with Crippen LogP contribution in [0.15, 0.2) is 68.4 Å². The fraction of sp³-hybridized carbons (Fsp3) is 0.0526. The van der Waals surface area contributed by atoms with Crippen LogP contribution in [0.1, 0.15) is 10.4 Å². The lowest BCUT2D eigenvalue weighted by atomic mass is 10.1. The first-order chi connectivity index (χ1) is 13.2. The third kappa shape index (κ3) is 3.04. The van der Waals surface area contributed by atoms with Crippen molar-refractivity contribution in [3.8, 4) is 17.2 Å².